The molecule has 1 aromatic carbocycles. The van der Waals surface area contributed by atoms with Gasteiger partial charge in [-0.25, -0.2) is 0 Å². The summed E-state index contributed by atoms with van der Waals surface area (Å²) in [5.74, 6) is 1.13. The summed E-state index contributed by atoms with van der Waals surface area (Å²) < 4.78 is 10.9. The number of rotatable bonds is 6. The number of ether oxygens (including phenoxy) is 2. The summed E-state index contributed by atoms with van der Waals surface area (Å²) in [4.78, 5) is 9.79. The molecule has 0 aliphatic rings. The van der Waals surface area contributed by atoms with E-state index in [1.165, 1.54) is 6.08 Å². The fourth-order valence-corrected chi connectivity index (χ4v) is 1.37. The summed E-state index contributed by atoms with van der Waals surface area (Å²) in [5, 5.41) is 10.3. The van der Waals surface area contributed by atoms with Crippen molar-refractivity contribution in [1.82, 2.24) is 0 Å². The molecule has 0 aliphatic carbocycles. The van der Waals surface area contributed by atoms with Crippen LogP contribution in [0.5, 0.6) is 11.5 Å². The van der Waals surface area contributed by atoms with Gasteiger partial charge in [0.15, 0.2) is 11.5 Å². The van der Waals surface area contributed by atoms with Crippen molar-refractivity contribution in [3.8, 4) is 11.5 Å². The summed E-state index contributed by atoms with van der Waals surface area (Å²) in [7, 11) is 0. The lowest BCUT2D eigenvalue weighted by atomic mass is 10.2. The molecule has 0 heterocycles. The van der Waals surface area contributed by atoms with E-state index >= 15 is 0 Å². The number of nitro groups is 1. The molecule has 0 spiro atoms. The van der Waals surface area contributed by atoms with E-state index in [1.54, 1.807) is 18.2 Å². The number of hydrogen-bond acceptors (Lipinski definition) is 4. The number of benzene rings is 1. The lowest BCUT2D eigenvalue weighted by Gasteiger charge is -2.12. The number of nitrogens with zero attached hydrogens (tertiary/aromatic N) is 1. The predicted molar refractivity (Wildman–Crippen MR) is 64.8 cm³/mol. The maximum absolute atomic E-state index is 10.3. The van der Waals surface area contributed by atoms with E-state index in [-0.39, 0.29) is 0 Å². The van der Waals surface area contributed by atoms with Gasteiger partial charge in [0.25, 0.3) is 0 Å². The molecule has 1 rings (SSSR count). The molecular formula is C12H15NO4. The Morgan fingerprint density at radius 1 is 1.29 bits per heavy atom. The highest BCUT2D eigenvalue weighted by Crippen LogP contribution is 2.32. The van der Waals surface area contributed by atoms with Crippen LogP contribution in [-0.4, -0.2) is 18.1 Å². The lowest BCUT2D eigenvalue weighted by Crippen LogP contribution is -2.00. The van der Waals surface area contributed by atoms with Crippen molar-refractivity contribution in [2.75, 3.05) is 13.2 Å². The molecule has 92 valence electrons. The van der Waals surface area contributed by atoms with Crippen molar-refractivity contribution in [3.05, 3.63) is 40.1 Å². The molecule has 1 aromatic rings. The minimum Gasteiger partial charge on any atom is -0.490 e. The Hall–Kier alpha value is -2.04. The first-order valence-corrected chi connectivity index (χ1v) is 5.39. The van der Waals surface area contributed by atoms with E-state index in [2.05, 4.69) is 0 Å². The maximum Gasteiger partial charge on any atom is 0.235 e. The Labute approximate surface area is 99.8 Å². The first-order chi connectivity index (χ1) is 8.19. The third-order valence-corrected chi connectivity index (χ3v) is 1.97. The lowest BCUT2D eigenvalue weighted by molar-refractivity contribution is -0.400. The van der Waals surface area contributed by atoms with E-state index < -0.39 is 4.92 Å². The summed E-state index contributed by atoms with van der Waals surface area (Å²) in [6.45, 7) is 4.71. The van der Waals surface area contributed by atoms with Crippen LogP contribution in [0.4, 0.5) is 0 Å². The zero-order valence-corrected chi connectivity index (χ0v) is 9.88. The highest BCUT2D eigenvalue weighted by molar-refractivity contribution is 5.61. The molecule has 0 N–H and O–H groups in total. The fourth-order valence-electron chi connectivity index (χ4n) is 1.37. The molecular weight excluding hydrogens is 222 g/mol. The highest BCUT2D eigenvalue weighted by Gasteiger charge is 2.09. The summed E-state index contributed by atoms with van der Waals surface area (Å²) in [6, 6.07) is 5.29. The van der Waals surface area contributed by atoms with Crippen LogP contribution in [-0.2, 0) is 0 Å². The zero-order chi connectivity index (χ0) is 12.7. The van der Waals surface area contributed by atoms with Crippen molar-refractivity contribution in [2.45, 2.75) is 13.8 Å². The van der Waals surface area contributed by atoms with Crippen LogP contribution in [0.1, 0.15) is 19.4 Å². The molecule has 0 aliphatic heterocycles. The van der Waals surface area contributed by atoms with Gasteiger partial charge in [-0.05, 0) is 19.9 Å². The molecule has 0 radical (unpaired) electrons. The third kappa shape index (κ3) is 3.79. The number of hydrogen-bond donors (Lipinski definition) is 0. The second-order valence-electron chi connectivity index (χ2n) is 3.14. The van der Waals surface area contributed by atoms with Crippen molar-refractivity contribution < 1.29 is 14.4 Å². The predicted octanol–water partition coefficient (Wildman–Crippen LogP) is 2.73. The molecule has 0 aromatic heterocycles. The van der Waals surface area contributed by atoms with E-state index in [4.69, 9.17) is 9.47 Å². The van der Waals surface area contributed by atoms with Gasteiger partial charge >= 0.3 is 0 Å². The standard InChI is InChI=1S/C12H15NO4/c1-3-16-11-7-5-6-10(8-9-13(14)15)12(11)17-4-2/h5-9H,3-4H2,1-2H3/b9-8+. The molecule has 0 saturated heterocycles. The SMILES string of the molecule is CCOc1cccc(/C=C/[N+](=O)[O-])c1OCC. The largest absolute Gasteiger partial charge is 0.490 e. The molecule has 5 heteroatoms. The second kappa shape index (κ2) is 6.52. The summed E-state index contributed by atoms with van der Waals surface area (Å²) in [6.07, 6.45) is 2.28. The average Bonchev–Trinajstić information content (AvgIpc) is 2.30. The topological polar surface area (TPSA) is 61.6 Å². The highest BCUT2D eigenvalue weighted by atomic mass is 16.6. The van der Waals surface area contributed by atoms with Gasteiger partial charge in [0.2, 0.25) is 6.20 Å². The Kier molecular flexibility index (Phi) is 5.00. The van der Waals surface area contributed by atoms with Gasteiger partial charge in [0.1, 0.15) is 0 Å². The Morgan fingerprint density at radius 3 is 2.59 bits per heavy atom. The van der Waals surface area contributed by atoms with Crippen LogP contribution < -0.4 is 9.47 Å². The molecule has 5 nitrogen and oxygen atoms in total. The minimum absolute atomic E-state index is 0.476. The van der Waals surface area contributed by atoms with Crippen molar-refractivity contribution in [1.29, 1.82) is 0 Å². The van der Waals surface area contributed by atoms with Crippen molar-refractivity contribution in [3.63, 3.8) is 0 Å². The van der Waals surface area contributed by atoms with Crippen LogP contribution in [0, 0.1) is 10.1 Å². The average molecular weight is 237 g/mol. The van der Waals surface area contributed by atoms with E-state index in [0.29, 0.717) is 30.3 Å². The Bertz CT molecular complexity index is 415. The molecule has 0 saturated carbocycles. The van der Waals surface area contributed by atoms with E-state index in [9.17, 15) is 10.1 Å². The Balaban J connectivity index is 3.09. The van der Waals surface area contributed by atoms with Gasteiger partial charge in [0.05, 0.1) is 18.1 Å². The monoisotopic (exact) mass is 237 g/mol. The molecule has 0 amide bonds. The molecule has 0 fully saturated rings. The second-order valence-corrected chi connectivity index (χ2v) is 3.14. The van der Waals surface area contributed by atoms with Gasteiger partial charge in [-0.1, -0.05) is 12.1 Å². The first-order valence-electron chi connectivity index (χ1n) is 5.39. The van der Waals surface area contributed by atoms with Gasteiger partial charge in [0, 0.05) is 11.6 Å². The molecule has 0 atom stereocenters. The Morgan fingerprint density at radius 2 is 2.00 bits per heavy atom. The zero-order valence-electron chi connectivity index (χ0n) is 9.88. The third-order valence-electron chi connectivity index (χ3n) is 1.97. The van der Waals surface area contributed by atoms with Gasteiger partial charge in [-0.2, -0.15) is 0 Å². The van der Waals surface area contributed by atoms with Crippen molar-refractivity contribution >= 4 is 6.08 Å². The molecule has 17 heavy (non-hydrogen) atoms. The molecule has 0 bridgehead atoms. The van der Waals surface area contributed by atoms with Gasteiger partial charge in [-0.3, -0.25) is 10.1 Å². The maximum atomic E-state index is 10.3. The number of para-hydroxylation sites is 1. The normalized spacial score (nSPS) is 10.5. The minimum atomic E-state index is -0.511. The van der Waals surface area contributed by atoms with Gasteiger partial charge in [-0.15, -0.1) is 0 Å². The van der Waals surface area contributed by atoms with Crippen LogP contribution in [0.15, 0.2) is 24.4 Å². The van der Waals surface area contributed by atoms with Crippen LogP contribution in [0.25, 0.3) is 6.08 Å². The fraction of sp³-hybridized carbons (Fsp3) is 0.333. The summed E-state index contributed by atoms with van der Waals surface area (Å²) >= 11 is 0. The van der Waals surface area contributed by atoms with Crippen LogP contribution >= 0.6 is 0 Å². The van der Waals surface area contributed by atoms with Crippen LogP contribution in [0.2, 0.25) is 0 Å². The van der Waals surface area contributed by atoms with Crippen LogP contribution in [0.3, 0.4) is 0 Å². The van der Waals surface area contributed by atoms with Crippen molar-refractivity contribution in [2.24, 2.45) is 0 Å². The quantitative estimate of drug-likeness (QED) is 0.563. The van der Waals surface area contributed by atoms with E-state index in [1.807, 2.05) is 13.8 Å². The summed E-state index contributed by atoms with van der Waals surface area (Å²) in [5.41, 5.74) is 0.634. The first kappa shape index (κ1) is 13.0. The van der Waals surface area contributed by atoms with E-state index in [0.717, 1.165) is 6.20 Å². The van der Waals surface area contributed by atoms with Gasteiger partial charge < -0.3 is 9.47 Å². The molecule has 0 unspecified atom stereocenters. The smallest absolute Gasteiger partial charge is 0.235 e.